The number of aromatic nitrogens is 5. The van der Waals surface area contributed by atoms with Crippen LogP contribution in [-0.4, -0.2) is 60.8 Å². The van der Waals surface area contributed by atoms with Crippen molar-refractivity contribution in [2.45, 2.75) is 32.2 Å². The summed E-state index contributed by atoms with van der Waals surface area (Å²) in [6, 6.07) is 4.53. The Bertz CT molecular complexity index is 1130. The van der Waals surface area contributed by atoms with Gasteiger partial charge in [-0.05, 0) is 31.0 Å². The van der Waals surface area contributed by atoms with Gasteiger partial charge in [0.1, 0.15) is 5.69 Å². The first-order valence-electron chi connectivity index (χ1n) is 10.4. The summed E-state index contributed by atoms with van der Waals surface area (Å²) >= 11 is 5.82. The molecule has 33 heavy (non-hydrogen) atoms. The van der Waals surface area contributed by atoms with Crippen LogP contribution in [0.4, 0.5) is 14.7 Å². The van der Waals surface area contributed by atoms with Crippen LogP contribution in [-0.2, 0) is 0 Å². The van der Waals surface area contributed by atoms with Crippen molar-refractivity contribution in [2.24, 2.45) is 5.92 Å². The van der Waals surface area contributed by atoms with Crippen molar-refractivity contribution in [2.75, 3.05) is 18.4 Å². The maximum atomic E-state index is 14.6. The molecule has 0 spiro atoms. The number of halogens is 3. The SMILES string of the molecule is Cc1ccc(-c2ncccn2)c(C(=O)N2CC(F)(F)CC(C)C2CNc2ncc(Cl)cn2)n1. The zero-order valence-corrected chi connectivity index (χ0v) is 18.8. The zero-order valence-electron chi connectivity index (χ0n) is 18.0. The molecule has 2 unspecified atom stereocenters. The molecule has 1 aliphatic rings. The van der Waals surface area contributed by atoms with E-state index in [1.165, 1.54) is 17.3 Å². The maximum Gasteiger partial charge on any atom is 0.273 e. The molecule has 1 fully saturated rings. The van der Waals surface area contributed by atoms with Crippen LogP contribution >= 0.6 is 11.6 Å². The lowest BCUT2D eigenvalue weighted by Gasteiger charge is -2.43. The van der Waals surface area contributed by atoms with Crippen molar-refractivity contribution in [3.05, 3.63) is 59.4 Å². The Kier molecular flexibility index (Phi) is 6.46. The van der Waals surface area contributed by atoms with E-state index in [1.807, 2.05) is 0 Å². The fraction of sp³-hybridized carbons (Fsp3) is 0.364. The van der Waals surface area contributed by atoms with Crippen LogP contribution < -0.4 is 5.32 Å². The number of amides is 1. The first-order valence-corrected chi connectivity index (χ1v) is 10.8. The molecule has 2 atom stereocenters. The fourth-order valence-electron chi connectivity index (χ4n) is 3.95. The molecule has 1 amide bonds. The number of rotatable bonds is 5. The summed E-state index contributed by atoms with van der Waals surface area (Å²) in [4.78, 5) is 35.8. The highest BCUT2D eigenvalue weighted by molar-refractivity contribution is 6.30. The number of aryl methyl sites for hydroxylation is 1. The highest BCUT2D eigenvalue weighted by Gasteiger charge is 2.46. The largest absolute Gasteiger partial charge is 0.352 e. The lowest BCUT2D eigenvalue weighted by Crippen LogP contribution is -2.57. The van der Waals surface area contributed by atoms with Crippen molar-refractivity contribution in [1.82, 2.24) is 29.8 Å². The second kappa shape index (κ2) is 9.30. The van der Waals surface area contributed by atoms with Crippen LogP contribution in [0.1, 0.15) is 29.5 Å². The second-order valence-electron chi connectivity index (χ2n) is 8.06. The highest BCUT2D eigenvalue weighted by Crippen LogP contribution is 2.36. The molecule has 1 aliphatic heterocycles. The summed E-state index contributed by atoms with van der Waals surface area (Å²) in [5.41, 5.74) is 1.01. The molecule has 0 radical (unpaired) electrons. The van der Waals surface area contributed by atoms with Gasteiger partial charge < -0.3 is 10.2 Å². The molecule has 4 rings (SSSR count). The zero-order chi connectivity index (χ0) is 23.6. The van der Waals surface area contributed by atoms with Gasteiger partial charge in [-0.3, -0.25) is 4.79 Å². The van der Waals surface area contributed by atoms with Gasteiger partial charge in [-0.2, -0.15) is 0 Å². The number of nitrogens with zero attached hydrogens (tertiary/aromatic N) is 6. The van der Waals surface area contributed by atoms with E-state index in [2.05, 4.69) is 30.2 Å². The van der Waals surface area contributed by atoms with Gasteiger partial charge in [-0.1, -0.05) is 18.5 Å². The summed E-state index contributed by atoms with van der Waals surface area (Å²) in [5.74, 6) is -3.51. The standard InChI is InChI=1S/C22H22ClF2N7O/c1-13-8-22(24,25)12-32(17(13)11-30-21-28-9-15(23)10-29-21)20(33)18-16(5-4-14(2)31-18)19-26-6-3-7-27-19/h3-7,9-10,13,17H,8,11-12H2,1-2H3,(H,28,29,30). The lowest BCUT2D eigenvalue weighted by atomic mass is 9.88. The minimum Gasteiger partial charge on any atom is -0.352 e. The Balaban J connectivity index is 1.67. The molecular weight excluding hydrogens is 452 g/mol. The number of carbonyl (C=O) groups excluding carboxylic acids is 1. The number of carbonyl (C=O) groups is 1. The van der Waals surface area contributed by atoms with E-state index in [4.69, 9.17) is 11.6 Å². The second-order valence-corrected chi connectivity index (χ2v) is 8.50. The smallest absolute Gasteiger partial charge is 0.273 e. The van der Waals surface area contributed by atoms with E-state index in [0.717, 1.165) is 0 Å². The van der Waals surface area contributed by atoms with E-state index >= 15 is 0 Å². The van der Waals surface area contributed by atoms with Gasteiger partial charge in [0.05, 0.1) is 35.6 Å². The third-order valence-corrected chi connectivity index (χ3v) is 5.67. The predicted molar refractivity (Wildman–Crippen MR) is 119 cm³/mol. The number of likely N-dealkylation sites (tertiary alicyclic amines) is 1. The lowest BCUT2D eigenvalue weighted by molar-refractivity contribution is -0.0898. The van der Waals surface area contributed by atoms with E-state index in [1.54, 1.807) is 44.4 Å². The van der Waals surface area contributed by atoms with Crippen LogP contribution in [0.2, 0.25) is 5.02 Å². The molecule has 172 valence electrons. The Morgan fingerprint density at radius 1 is 1.21 bits per heavy atom. The molecule has 0 aliphatic carbocycles. The van der Waals surface area contributed by atoms with Crippen LogP contribution in [0.5, 0.6) is 0 Å². The number of anilines is 1. The number of hydrogen-bond acceptors (Lipinski definition) is 7. The van der Waals surface area contributed by atoms with Crippen molar-refractivity contribution in [1.29, 1.82) is 0 Å². The number of pyridine rings is 1. The number of nitrogens with one attached hydrogen (secondary N) is 1. The molecule has 1 saturated heterocycles. The van der Waals surface area contributed by atoms with Gasteiger partial charge in [0, 0.05) is 31.1 Å². The molecular formula is C22H22ClF2N7O. The van der Waals surface area contributed by atoms with E-state index in [0.29, 0.717) is 28.1 Å². The van der Waals surface area contributed by atoms with Gasteiger partial charge in [0.15, 0.2) is 5.82 Å². The molecule has 8 nitrogen and oxygen atoms in total. The first kappa shape index (κ1) is 22.9. The molecule has 0 aromatic carbocycles. The topological polar surface area (TPSA) is 96.8 Å². The van der Waals surface area contributed by atoms with Crippen LogP contribution in [0.15, 0.2) is 43.0 Å². The summed E-state index contributed by atoms with van der Waals surface area (Å²) in [6.07, 6.45) is 5.63. The molecule has 0 bridgehead atoms. The Labute approximate surface area is 194 Å². The quantitative estimate of drug-likeness (QED) is 0.600. The van der Waals surface area contributed by atoms with Gasteiger partial charge in [0.2, 0.25) is 5.95 Å². The van der Waals surface area contributed by atoms with Crippen LogP contribution in [0, 0.1) is 12.8 Å². The summed E-state index contributed by atoms with van der Waals surface area (Å²) in [6.45, 7) is 2.91. The summed E-state index contributed by atoms with van der Waals surface area (Å²) < 4.78 is 29.1. The number of alkyl halides is 2. The van der Waals surface area contributed by atoms with Crippen LogP contribution in [0.3, 0.4) is 0 Å². The molecule has 11 heteroatoms. The third kappa shape index (κ3) is 5.22. The third-order valence-electron chi connectivity index (χ3n) is 5.47. The Morgan fingerprint density at radius 3 is 2.61 bits per heavy atom. The summed E-state index contributed by atoms with van der Waals surface area (Å²) in [7, 11) is 0. The Morgan fingerprint density at radius 2 is 1.91 bits per heavy atom. The summed E-state index contributed by atoms with van der Waals surface area (Å²) in [5, 5.41) is 3.41. The van der Waals surface area contributed by atoms with Gasteiger partial charge in [0.25, 0.3) is 11.8 Å². The normalized spacial score (nSPS) is 19.8. The minimum absolute atomic E-state index is 0.0406. The molecule has 4 heterocycles. The number of hydrogen-bond donors (Lipinski definition) is 1. The van der Waals surface area contributed by atoms with Crippen LogP contribution in [0.25, 0.3) is 11.4 Å². The highest BCUT2D eigenvalue weighted by atomic mass is 35.5. The van der Waals surface area contributed by atoms with Gasteiger partial charge in [-0.15, -0.1) is 0 Å². The minimum atomic E-state index is -3.02. The van der Waals surface area contributed by atoms with E-state index < -0.39 is 30.3 Å². The van der Waals surface area contributed by atoms with Gasteiger partial charge >= 0.3 is 0 Å². The average Bonchev–Trinajstić information content (AvgIpc) is 2.79. The molecule has 1 N–H and O–H groups in total. The van der Waals surface area contributed by atoms with Crippen molar-refractivity contribution < 1.29 is 13.6 Å². The number of piperidine rings is 1. The fourth-order valence-corrected chi connectivity index (χ4v) is 4.05. The van der Waals surface area contributed by atoms with E-state index in [-0.39, 0.29) is 18.7 Å². The average molecular weight is 474 g/mol. The van der Waals surface area contributed by atoms with E-state index in [9.17, 15) is 13.6 Å². The Hall–Kier alpha value is -3.27. The maximum absolute atomic E-state index is 14.6. The van der Waals surface area contributed by atoms with Crippen molar-refractivity contribution in [3.63, 3.8) is 0 Å². The van der Waals surface area contributed by atoms with Crippen molar-refractivity contribution >= 4 is 23.5 Å². The van der Waals surface area contributed by atoms with Crippen molar-refractivity contribution in [3.8, 4) is 11.4 Å². The van der Waals surface area contributed by atoms with Gasteiger partial charge in [-0.25, -0.2) is 33.7 Å². The monoisotopic (exact) mass is 473 g/mol. The molecule has 3 aromatic heterocycles. The molecule has 0 saturated carbocycles. The predicted octanol–water partition coefficient (Wildman–Crippen LogP) is 3.89. The first-order chi connectivity index (χ1) is 15.7. The molecule has 3 aromatic rings.